The van der Waals surface area contributed by atoms with E-state index < -0.39 is 29.3 Å². The molecule has 1 atom stereocenters. The van der Waals surface area contributed by atoms with E-state index in [2.05, 4.69) is 30.6 Å². The molecule has 3 amide bonds. The number of carbonyl (C=O) groups is 2. The number of aromatic nitrogens is 4. The zero-order chi connectivity index (χ0) is 34.1. The summed E-state index contributed by atoms with van der Waals surface area (Å²) in [6.45, 7) is 3.77. The lowest BCUT2D eigenvalue weighted by atomic mass is 9.90. The number of amides is 3. The first-order valence-corrected chi connectivity index (χ1v) is 15.5. The number of aliphatic hydroxyl groups is 1. The van der Waals surface area contributed by atoms with Crippen LogP contribution >= 0.6 is 11.3 Å². The van der Waals surface area contributed by atoms with Gasteiger partial charge in [-0.15, -0.1) is 0 Å². The summed E-state index contributed by atoms with van der Waals surface area (Å²) in [6.07, 6.45) is 0.899. The number of anilines is 3. The number of alkyl halides is 3. The number of benzene rings is 2. The molecule has 0 radical (unpaired) electrons. The fourth-order valence-corrected chi connectivity index (χ4v) is 6.05. The predicted octanol–water partition coefficient (Wildman–Crippen LogP) is 7.24. The lowest BCUT2D eigenvalue weighted by Crippen LogP contribution is -2.38. The van der Waals surface area contributed by atoms with Crippen molar-refractivity contribution in [3.05, 3.63) is 91.0 Å². The zero-order valence-electron chi connectivity index (χ0n) is 25.5. The van der Waals surface area contributed by atoms with Crippen molar-refractivity contribution >= 4 is 39.8 Å². The number of urea groups is 1. The van der Waals surface area contributed by atoms with Gasteiger partial charge in [0.25, 0.3) is 0 Å². The van der Waals surface area contributed by atoms with Gasteiger partial charge in [-0.05, 0) is 56.2 Å². The van der Waals surface area contributed by atoms with Gasteiger partial charge in [0.1, 0.15) is 5.75 Å². The number of hydrogen-bond acceptors (Lipinski definition) is 9. The Labute approximate surface area is 276 Å². The number of hydrogen-bond donors (Lipinski definition) is 3. The van der Waals surface area contributed by atoms with Gasteiger partial charge in [-0.25, -0.2) is 19.7 Å². The van der Waals surface area contributed by atoms with Crippen LogP contribution in [0.5, 0.6) is 11.8 Å². The highest BCUT2D eigenvalue weighted by atomic mass is 32.1. The molecule has 1 aliphatic rings. The Bertz CT molecular complexity index is 1930. The molecule has 0 bridgehead atoms. The van der Waals surface area contributed by atoms with Crippen LogP contribution in [0, 0.1) is 5.92 Å². The van der Waals surface area contributed by atoms with Gasteiger partial charge >= 0.3 is 18.2 Å². The van der Waals surface area contributed by atoms with Gasteiger partial charge in [0.15, 0.2) is 5.13 Å². The normalized spacial score (nSPS) is 15.0. The number of nitrogens with one attached hydrogen (secondary N) is 2. The highest BCUT2D eigenvalue weighted by Gasteiger charge is 2.42. The maximum absolute atomic E-state index is 13.4. The molecule has 3 N–H and O–H groups in total. The molecule has 246 valence electrons. The average Bonchev–Trinajstić information content (AvgIpc) is 3.69. The number of pyridine rings is 1. The minimum Gasteiger partial charge on any atom is -0.424 e. The number of ether oxygens (including phenoxy) is 1. The molecule has 48 heavy (non-hydrogen) atoms. The van der Waals surface area contributed by atoms with Crippen LogP contribution in [0.1, 0.15) is 25.8 Å². The van der Waals surface area contributed by atoms with E-state index in [0.717, 1.165) is 16.5 Å². The van der Waals surface area contributed by atoms with Crippen molar-refractivity contribution in [2.75, 3.05) is 22.1 Å². The number of halogens is 3. The van der Waals surface area contributed by atoms with E-state index in [-0.39, 0.29) is 29.0 Å². The fraction of sp³-hybridized carbons (Fsp3) is 0.212. The molecule has 1 saturated heterocycles. The summed E-state index contributed by atoms with van der Waals surface area (Å²) in [5.41, 5.74) is -0.517. The zero-order valence-corrected chi connectivity index (χ0v) is 26.3. The van der Waals surface area contributed by atoms with E-state index >= 15 is 0 Å². The van der Waals surface area contributed by atoms with Crippen LogP contribution in [0.25, 0.3) is 21.7 Å². The highest BCUT2D eigenvalue weighted by molar-refractivity contribution is 7.19. The average molecular weight is 676 g/mol. The molecule has 15 heteroatoms. The first-order chi connectivity index (χ1) is 22.8. The standard InChI is InChI=1S/C33H28F3N7O4S/c1-32(2,46)24-12-13-43(28(24)44)31-40-18-26(48-31)19-8-10-23(11-9-19)47-30-38-16-22(17-39-30)41-29(45)42-25-14-21(33(34,35)36)15-37-27(25)20-6-4-3-5-7-20/h3-11,14-18,24,46H,12-13H2,1-2H3,(H2,41,42,45). The Morgan fingerprint density at radius 3 is 2.29 bits per heavy atom. The Morgan fingerprint density at radius 1 is 0.938 bits per heavy atom. The number of nitrogens with zero attached hydrogens (tertiary/aromatic N) is 5. The van der Waals surface area contributed by atoms with Crippen molar-refractivity contribution in [2.24, 2.45) is 5.92 Å². The topological polar surface area (TPSA) is 142 Å². The van der Waals surface area contributed by atoms with Crippen LogP contribution in [0.4, 0.5) is 34.5 Å². The summed E-state index contributed by atoms with van der Waals surface area (Å²) >= 11 is 1.37. The lowest BCUT2D eigenvalue weighted by molar-refractivity contribution is -0.137. The minimum absolute atomic E-state index is 0.00358. The van der Waals surface area contributed by atoms with Crippen LogP contribution in [-0.2, 0) is 11.0 Å². The summed E-state index contributed by atoms with van der Waals surface area (Å²) in [5, 5.41) is 15.8. The first-order valence-electron chi connectivity index (χ1n) is 14.7. The van der Waals surface area contributed by atoms with Crippen LogP contribution in [-0.4, -0.2) is 49.1 Å². The Kier molecular flexibility index (Phi) is 8.81. The van der Waals surface area contributed by atoms with Crippen molar-refractivity contribution < 1.29 is 32.6 Å². The van der Waals surface area contributed by atoms with Crippen molar-refractivity contribution in [1.29, 1.82) is 0 Å². The van der Waals surface area contributed by atoms with Gasteiger partial charge in [-0.2, -0.15) is 13.2 Å². The molecular formula is C33H28F3N7O4S. The van der Waals surface area contributed by atoms with E-state index in [1.807, 2.05) is 12.1 Å². The monoisotopic (exact) mass is 675 g/mol. The Hall–Kier alpha value is -5.41. The van der Waals surface area contributed by atoms with Gasteiger partial charge < -0.3 is 20.5 Å². The lowest BCUT2D eigenvalue weighted by Gasteiger charge is -2.23. The van der Waals surface area contributed by atoms with Crippen molar-refractivity contribution in [2.45, 2.75) is 32.0 Å². The number of rotatable bonds is 8. The van der Waals surface area contributed by atoms with E-state index in [1.165, 1.54) is 23.7 Å². The summed E-state index contributed by atoms with van der Waals surface area (Å²) in [6, 6.07) is 15.6. The third kappa shape index (κ3) is 7.26. The fourth-order valence-electron chi connectivity index (χ4n) is 5.10. The predicted molar refractivity (Wildman–Crippen MR) is 174 cm³/mol. The van der Waals surface area contributed by atoms with E-state index in [9.17, 15) is 27.9 Å². The van der Waals surface area contributed by atoms with Crippen LogP contribution in [0.15, 0.2) is 85.5 Å². The molecule has 2 aromatic carbocycles. The second-order valence-electron chi connectivity index (χ2n) is 11.4. The number of thiazole rings is 1. The highest BCUT2D eigenvalue weighted by Crippen LogP contribution is 2.38. The molecule has 1 unspecified atom stereocenters. The Balaban J connectivity index is 1.07. The molecule has 4 heterocycles. The van der Waals surface area contributed by atoms with Crippen molar-refractivity contribution in [3.63, 3.8) is 0 Å². The smallest absolute Gasteiger partial charge is 0.417 e. The van der Waals surface area contributed by atoms with E-state index in [0.29, 0.717) is 35.6 Å². The molecule has 0 saturated carbocycles. The minimum atomic E-state index is -4.65. The maximum Gasteiger partial charge on any atom is 0.417 e. The van der Waals surface area contributed by atoms with Gasteiger partial charge in [0.2, 0.25) is 5.91 Å². The molecule has 0 spiro atoms. The quantitative estimate of drug-likeness (QED) is 0.156. The second kappa shape index (κ2) is 13.0. The summed E-state index contributed by atoms with van der Waals surface area (Å²) in [4.78, 5) is 44.6. The molecule has 1 fully saturated rings. The van der Waals surface area contributed by atoms with Gasteiger partial charge in [0.05, 0.1) is 51.4 Å². The summed E-state index contributed by atoms with van der Waals surface area (Å²) in [5.74, 6) is -0.171. The van der Waals surface area contributed by atoms with Gasteiger partial charge in [-0.3, -0.25) is 14.7 Å². The molecular weight excluding hydrogens is 647 g/mol. The third-order valence-corrected chi connectivity index (χ3v) is 8.60. The molecule has 0 aliphatic carbocycles. The largest absolute Gasteiger partial charge is 0.424 e. The molecule has 1 aliphatic heterocycles. The Morgan fingerprint density at radius 2 is 1.65 bits per heavy atom. The molecule has 3 aromatic heterocycles. The van der Waals surface area contributed by atoms with E-state index in [1.54, 1.807) is 67.4 Å². The molecule has 11 nitrogen and oxygen atoms in total. The second-order valence-corrected chi connectivity index (χ2v) is 12.4. The van der Waals surface area contributed by atoms with Gasteiger partial charge in [-0.1, -0.05) is 41.7 Å². The first kappa shape index (κ1) is 32.5. The van der Waals surface area contributed by atoms with Crippen LogP contribution in [0.3, 0.4) is 0 Å². The number of carbonyl (C=O) groups excluding carboxylic acids is 2. The summed E-state index contributed by atoms with van der Waals surface area (Å²) < 4.78 is 45.8. The van der Waals surface area contributed by atoms with Crippen molar-refractivity contribution in [3.8, 4) is 33.5 Å². The maximum atomic E-state index is 13.4. The third-order valence-electron chi connectivity index (χ3n) is 7.53. The molecule has 5 aromatic rings. The van der Waals surface area contributed by atoms with Crippen LogP contribution < -0.4 is 20.3 Å². The van der Waals surface area contributed by atoms with E-state index in [4.69, 9.17) is 4.74 Å². The SMILES string of the molecule is CC(C)(O)C1CCN(c2ncc(-c3ccc(Oc4ncc(NC(=O)Nc5cc(C(F)(F)F)cnc5-c5ccccc5)cn4)cc3)s2)C1=O. The molecule has 6 rings (SSSR count). The van der Waals surface area contributed by atoms with Crippen LogP contribution in [0.2, 0.25) is 0 Å². The van der Waals surface area contributed by atoms with Gasteiger partial charge in [0, 0.05) is 24.5 Å². The summed E-state index contributed by atoms with van der Waals surface area (Å²) in [7, 11) is 0. The van der Waals surface area contributed by atoms with Crippen molar-refractivity contribution in [1.82, 2.24) is 19.9 Å².